The van der Waals surface area contributed by atoms with Gasteiger partial charge in [0.1, 0.15) is 5.92 Å². The molecule has 0 fully saturated rings. The van der Waals surface area contributed by atoms with Gasteiger partial charge in [-0.2, -0.15) is 0 Å². The molecule has 0 amide bonds. The van der Waals surface area contributed by atoms with Gasteiger partial charge in [-0.1, -0.05) is 30.1 Å². The Labute approximate surface area is 139 Å². The summed E-state index contributed by atoms with van der Waals surface area (Å²) in [5, 5.41) is 4.17. The number of allylic oxidation sites excluding steroid dienone is 2. The molecule has 0 saturated heterocycles. The number of benzene rings is 1. The summed E-state index contributed by atoms with van der Waals surface area (Å²) in [6.07, 6.45) is 2.00. The highest BCUT2D eigenvalue weighted by Crippen LogP contribution is 2.32. The predicted octanol–water partition coefficient (Wildman–Crippen LogP) is 4.08. The average molecular weight is 342 g/mol. The number of ketones is 1. The van der Waals surface area contributed by atoms with Crippen LogP contribution in [0.3, 0.4) is 0 Å². The zero-order valence-corrected chi connectivity index (χ0v) is 13.9. The first kappa shape index (κ1) is 16.8. The van der Waals surface area contributed by atoms with Gasteiger partial charge in [-0.05, 0) is 37.5 Å². The van der Waals surface area contributed by atoms with E-state index in [0.29, 0.717) is 27.9 Å². The molecule has 4 nitrogen and oxygen atoms in total. The molecule has 0 radical (unpaired) electrons. The molecule has 22 heavy (non-hydrogen) atoms. The molecule has 0 saturated carbocycles. The molecule has 2 atom stereocenters. The summed E-state index contributed by atoms with van der Waals surface area (Å²) in [7, 11) is 0. The lowest BCUT2D eigenvalue weighted by Gasteiger charge is -2.26. The molecule has 0 heterocycles. The summed E-state index contributed by atoms with van der Waals surface area (Å²) in [6.45, 7) is 3.84. The monoisotopic (exact) mass is 341 g/mol. The Bertz CT molecular complexity index is 628. The standard InChI is InChI=1S/C16H17Cl2NO3/c1-3-22-16(21)15-9(2)6-11(8-14(15)20)19-13-7-10(17)4-5-12(13)18/h4-5,7-9,15,19H,3,6H2,1-2H3/t9-,15+/m1/s1. The maximum atomic E-state index is 12.2. The third kappa shape index (κ3) is 3.81. The van der Waals surface area contributed by atoms with Crippen LogP contribution in [0.25, 0.3) is 0 Å². The van der Waals surface area contributed by atoms with Crippen LogP contribution in [-0.2, 0) is 14.3 Å². The van der Waals surface area contributed by atoms with Gasteiger partial charge in [0, 0.05) is 16.8 Å². The summed E-state index contributed by atoms with van der Waals surface area (Å²) in [6, 6.07) is 5.06. The van der Waals surface area contributed by atoms with Crippen LogP contribution in [-0.4, -0.2) is 18.4 Å². The molecule has 1 N–H and O–H groups in total. The second-order valence-corrected chi connectivity index (χ2v) is 6.08. The van der Waals surface area contributed by atoms with Crippen molar-refractivity contribution < 1.29 is 14.3 Å². The van der Waals surface area contributed by atoms with E-state index in [4.69, 9.17) is 27.9 Å². The molecule has 118 valence electrons. The summed E-state index contributed by atoms with van der Waals surface area (Å²) in [5.41, 5.74) is 1.34. The number of carbonyl (C=O) groups excluding carboxylic acids is 2. The number of esters is 1. The van der Waals surface area contributed by atoms with E-state index in [2.05, 4.69) is 5.32 Å². The quantitative estimate of drug-likeness (QED) is 0.662. The van der Waals surface area contributed by atoms with Gasteiger partial charge >= 0.3 is 5.97 Å². The molecule has 1 aliphatic carbocycles. The van der Waals surface area contributed by atoms with E-state index in [-0.39, 0.29) is 18.3 Å². The Morgan fingerprint density at radius 2 is 2.14 bits per heavy atom. The van der Waals surface area contributed by atoms with Crippen molar-refractivity contribution in [1.82, 2.24) is 0 Å². The van der Waals surface area contributed by atoms with Crippen molar-refractivity contribution in [3.8, 4) is 0 Å². The highest BCUT2D eigenvalue weighted by atomic mass is 35.5. The Balaban J connectivity index is 2.17. The zero-order chi connectivity index (χ0) is 16.3. The molecule has 0 aromatic heterocycles. The van der Waals surface area contributed by atoms with Crippen LogP contribution in [0.1, 0.15) is 20.3 Å². The Kier molecular flexibility index (Phi) is 5.48. The third-order valence-corrected chi connectivity index (χ3v) is 4.06. The summed E-state index contributed by atoms with van der Waals surface area (Å²) < 4.78 is 4.96. The average Bonchev–Trinajstić information content (AvgIpc) is 2.42. The largest absolute Gasteiger partial charge is 0.465 e. The maximum absolute atomic E-state index is 12.2. The second-order valence-electron chi connectivity index (χ2n) is 5.23. The summed E-state index contributed by atoms with van der Waals surface area (Å²) >= 11 is 12.0. The minimum absolute atomic E-state index is 0.142. The van der Waals surface area contributed by atoms with Crippen molar-refractivity contribution in [2.75, 3.05) is 11.9 Å². The Hall–Kier alpha value is -1.52. The van der Waals surface area contributed by atoms with Crippen LogP contribution < -0.4 is 5.32 Å². The number of halogens is 2. The molecule has 0 unspecified atom stereocenters. The minimum atomic E-state index is -0.736. The van der Waals surface area contributed by atoms with Crippen LogP contribution >= 0.6 is 23.2 Å². The zero-order valence-electron chi connectivity index (χ0n) is 12.4. The number of carbonyl (C=O) groups is 2. The fraction of sp³-hybridized carbons (Fsp3) is 0.375. The van der Waals surface area contributed by atoms with Gasteiger partial charge in [0.25, 0.3) is 0 Å². The fourth-order valence-electron chi connectivity index (χ4n) is 2.50. The molecule has 1 aliphatic rings. The van der Waals surface area contributed by atoms with Crippen molar-refractivity contribution in [3.63, 3.8) is 0 Å². The summed E-state index contributed by atoms with van der Waals surface area (Å²) in [5.74, 6) is -1.59. The lowest BCUT2D eigenvalue weighted by atomic mass is 9.82. The minimum Gasteiger partial charge on any atom is -0.465 e. The van der Waals surface area contributed by atoms with Gasteiger partial charge in [-0.25, -0.2) is 0 Å². The maximum Gasteiger partial charge on any atom is 0.317 e. The normalized spacial score (nSPS) is 21.3. The van der Waals surface area contributed by atoms with E-state index in [0.717, 1.165) is 0 Å². The van der Waals surface area contributed by atoms with Gasteiger partial charge in [0.2, 0.25) is 0 Å². The number of ether oxygens (including phenoxy) is 1. The molecule has 6 heteroatoms. The molecular formula is C16H17Cl2NO3. The molecular weight excluding hydrogens is 325 g/mol. The lowest BCUT2D eigenvalue weighted by molar-refractivity contribution is -0.152. The van der Waals surface area contributed by atoms with E-state index in [9.17, 15) is 9.59 Å². The van der Waals surface area contributed by atoms with E-state index in [1.807, 2.05) is 6.92 Å². The van der Waals surface area contributed by atoms with Crippen molar-refractivity contribution in [3.05, 3.63) is 40.0 Å². The van der Waals surface area contributed by atoms with Crippen molar-refractivity contribution in [2.24, 2.45) is 11.8 Å². The van der Waals surface area contributed by atoms with Crippen LogP contribution in [0, 0.1) is 11.8 Å². The SMILES string of the molecule is CCOC(=O)[C@@H]1C(=O)C=C(Nc2cc(Cl)ccc2Cl)C[C@H]1C. The summed E-state index contributed by atoms with van der Waals surface area (Å²) in [4.78, 5) is 24.0. The fourth-order valence-corrected chi connectivity index (χ4v) is 2.84. The van der Waals surface area contributed by atoms with E-state index in [1.54, 1.807) is 25.1 Å². The Morgan fingerprint density at radius 3 is 2.77 bits per heavy atom. The van der Waals surface area contributed by atoms with Crippen LogP contribution in [0.15, 0.2) is 30.0 Å². The third-order valence-electron chi connectivity index (χ3n) is 3.50. The highest BCUT2D eigenvalue weighted by Gasteiger charge is 2.36. The van der Waals surface area contributed by atoms with Crippen LogP contribution in [0.4, 0.5) is 5.69 Å². The second kappa shape index (κ2) is 7.16. The van der Waals surface area contributed by atoms with Crippen molar-refractivity contribution in [2.45, 2.75) is 20.3 Å². The first-order chi connectivity index (χ1) is 10.4. The topological polar surface area (TPSA) is 55.4 Å². The molecule has 0 spiro atoms. The van der Waals surface area contributed by atoms with Gasteiger partial charge in [0.05, 0.1) is 17.3 Å². The number of nitrogens with one attached hydrogen (secondary N) is 1. The predicted molar refractivity (Wildman–Crippen MR) is 87.1 cm³/mol. The molecule has 1 aromatic carbocycles. The van der Waals surface area contributed by atoms with Crippen LogP contribution in [0.5, 0.6) is 0 Å². The molecule has 0 aliphatic heterocycles. The van der Waals surface area contributed by atoms with E-state index >= 15 is 0 Å². The highest BCUT2D eigenvalue weighted by molar-refractivity contribution is 6.35. The molecule has 0 bridgehead atoms. The van der Waals surface area contributed by atoms with Gasteiger partial charge in [0.15, 0.2) is 5.78 Å². The van der Waals surface area contributed by atoms with Gasteiger partial charge < -0.3 is 10.1 Å². The number of rotatable bonds is 4. The van der Waals surface area contributed by atoms with Gasteiger partial charge in [-0.15, -0.1) is 0 Å². The van der Waals surface area contributed by atoms with E-state index in [1.165, 1.54) is 6.08 Å². The van der Waals surface area contributed by atoms with E-state index < -0.39 is 11.9 Å². The smallest absolute Gasteiger partial charge is 0.317 e. The number of anilines is 1. The van der Waals surface area contributed by atoms with Crippen molar-refractivity contribution in [1.29, 1.82) is 0 Å². The first-order valence-electron chi connectivity index (χ1n) is 7.05. The molecule has 2 rings (SSSR count). The Morgan fingerprint density at radius 1 is 1.41 bits per heavy atom. The van der Waals surface area contributed by atoms with Gasteiger partial charge in [-0.3, -0.25) is 9.59 Å². The lowest BCUT2D eigenvalue weighted by Crippen LogP contribution is -2.35. The number of hydrogen-bond acceptors (Lipinski definition) is 4. The van der Waals surface area contributed by atoms with Crippen molar-refractivity contribution >= 4 is 40.6 Å². The number of hydrogen-bond donors (Lipinski definition) is 1. The van der Waals surface area contributed by atoms with Crippen LogP contribution in [0.2, 0.25) is 10.0 Å². The molecule has 1 aromatic rings. The first-order valence-corrected chi connectivity index (χ1v) is 7.81.